The molecule has 0 amide bonds. The van der Waals surface area contributed by atoms with Gasteiger partial charge in [-0.1, -0.05) is 203 Å². The molecule has 0 N–H and O–H groups in total. The van der Waals surface area contributed by atoms with E-state index >= 15 is 0 Å². The highest BCUT2D eigenvalue weighted by Gasteiger charge is 2.51. The molecule has 0 bridgehead atoms. The van der Waals surface area contributed by atoms with E-state index in [9.17, 15) is 0 Å². The Kier molecular flexibility index (Phi) is 8.14. The topological polar surface area (TPSA) is 29.5 Å². The summed E-state index contributed by atoms with van der Waals surface area (Å²) in [6.45, 7) is 24.4. The summed E-state index contributed by atoms with van der Waals surface area (Å²) in [7, 11) is 0. The molecule has 17 rings (SSSR count). The molecule has 0 radical (unpaired) electrons. The molecular weight excluding hydrogens is 947 g/mol. The molecule has 5 aliphatic rings. The zero-order valence-corrected chi connectivity index (χ0v) is 46.0. The summed E-state index contributed by atoms with van der Waals surface area (Å²) in [5.74, 6) is 0. The standard InChI is InChI=1S/C75H59NO2/c1-71(2)49-27-16-11-22-42(49)58-52(71)30-21-31-55(58)76(40-34-36-45-53(38-40)74(7,8)66-60(45)62-48-26-15-20-33-57(48)77-69(62)63-44-24-13-18-29-51(44)73(5,6)67(63)66)41-35-37-46-54(39-41)75(9,10)68-64(46)70-61(47-25-14-19-32-56(47)78-70)59-43-23-12-17-28-50(43)72(3,4)65(59)68/h11-39H,1-10H3. The number of benzene rings is 10. The Labute approximate surface area is 455 Å². The van der Waals surface area contributed by atoms with Crippen LogP contribution in [-0.2, 0) is 27.1 Å². The molecule has 2 aromatic heterocycles. The molecule has 0 saturated heterocycles. The number of hydrogen-bond acceptors (Lipinski definition) is 3. The molecule has 78 heavy (non-hydrogen) atoms. The first kappa shape index (κ1) is 44.7. The van der Waals surface area contributed by atoms with Gasteiger partial charge in [-0.25, -0.2) is 0 Å². The molecule has 10 aromatic carbocycles. The Morgan fingerprint density at radius 1 is 0.295 bits per heavy atom. The fourth-order valence-electron chi connectivity index (χ4n) is 16.7. The van der Waals surface area contributed by atoms with Gasteiger partial charge in [0.2, 0.25) is 0 Å². The van der Waals surface area contributed by atoms with E-state index in [0.717, 1.165) is 33.7 Å². The highest BCUT2D eigenvalue weighted by atomic mass is 16.3. The van der Waals surface area contributed by atoms with Crippen molar-refractivity contribution in [2.75, 3.05) is 4.90 Å². The summed E-state index contributed by atoms with van der Waals surface area (Å²) in [6.07, 6.45) is 0. The maximum absolute atomic E-state index is 7.15. The van der Waals surface area contributed by atoms with E-state index in [2.05, 4.69) is 250 Å². The molecule has 3 heteroatoms. The van der Waals surface area contributed by atoms with Crippen LogP contribution in [0.15, 0.2) is 185 Å². The molecule has 0 atom stereocenters. The lowest BCUT2D eigenvalue weighted by molar-refractivity contribution is 0.600. The minimum atomic E-state index is -0.374. The lowest BCUT2D eigenvalue weighted by Gasteiger charge is -2.33. The van der Waals surface area contributed by atoms with Crippen LogP contribution in [0.1, 0.15) is 125 Å². The highest BCUT2D eigenvalue weighted by Crippen LogP contribution is 2.66. The third kappa shape index (κ3) is 5.09. The summed E-state index contributed by atoms with van der Waals surface area (Å²) >= 11 is 0. The number of hydrogen-bond donors (Lipinski definition) is 0. The second-order valence-electron chi connectivity index (χ2n) is 25.9. The van der Waals surface area contributed by atoms with Gasteiger partial charge in [-0.3, -0.25) is 0 Å². The van der Waals surface area contributed by atoms with Gasteiger partial charge < -0.3 is 13.7 Å². The zero-order valence-electron chi connectivity index (χ0n) is 46.0. The van der Waals surface area contributed by atoms with E-state index in [1.807, 2.05) is 0 Å². The number of anilines is 3. The fourth-order valence-corrected chi connectivity index (χ4v) is 16.7. The number of furan rings is 2. The van der Waals surface area contributed by atoms with Gasteiger partial charge >= 0.3 is 0 Å². The van der Waals surface area contributed by atoms with E-state index in [-0.39, 0.29) is 27.1 Å². The largest absolute Gasteiger partial charge is 0.455 e. The lowest BCUT2D eigenvalue weighted by atomic mass is 9.72. The maximum Gasteiger partial charge on any atom is 0.144 e. The molecule has 0 fully saturated rings. The van der Waals surface area contributed by atoms with Crippen molar-refractivity contribution in [1.29, 1.82) is 0 Å². The summed E-state index contributed by atoms with van der Waals surface area (Å²) in [5.41, 5.74) is 32.5. The predicted octanol–water partition coefficient (Wildman–Crippen LogP) is 20.5. The smallest absolute Gasteiger partial charge is 0.144 e. The second-order valence-corrected chi connectivity index (χ2v) is 25.9. The SMILES string of the molecule is CC1(C)c2ccccc2-c2c(N(c3ccc4c(c3)C(C)(C)c3c5c(c6c(oc7ccccc76)c3-4)-c3ccccc3C5(C)C)c3ccc4c(c3)C(C)(C)c3c5c(c6oc7ccccc7c6c3-4)-c3ccccc3C5(C)C)cccc21. The Balaban J connectivity index is 0.934. The number of nitrogens with zero attached hydrogens (tertiary/aromatic N) is 1. The summed E-state index contributed by atoms with van der Waals surface area (Å²) < 4.78 is 14.2. The molecule has 0 spiro atoms. The predicted molar refractivity (Wildman–Crippen MR) is 324 cm³/mol. The van der Waals surface area contributed by atoms with E-state index in [4.69, 9.17) is 8.83 Å². The van der Waals surface area contributed by atoms with Crippen LogP contribution in [0.5, 0.6) is 0 Å². The molecule has 0 saturated carbocycles. The van der Waals surface area contributed by atoms with Gasteiger partial charge in [0.05, 0.1) is 5.69 Å². The Bertz CT molecular complexity index is 4770. The van der Waals surface area contributed by atoms with Gasteiger partial charge in [-0.05, 0) is 137 Å². The molecular formula is C75H59NO2. The Morgan fingerprint density at radius 3 is 1.15 bits per heavy atom. The monoisotopic (exact) mass is 1010 g/mol. The van der Waals surface area contributed by atoms with Gasteiger partial charge in [0.1, 0.15) is 22.3 Å². The molecule has 0 unspecified atom stereocenters. The van der Waals surface area contributed by atoms with E-state index < -0.39 is 0 Å². The first-order valence-electron chi connectivity index (χ1n) is 28.1. The van der Waals surface area contributed by atoms with Crippen molar-refractivity contribution in [2.45, 2.75) is 96.3 Å². The van der Waals surface area contributed by atoms with Crippen LogP contribution in [-0.4, -0.2) is 0 Å². The van der Waals surface area contributed by atoms with Crippen molar-refractivity contribution in [1.82, 2.24) is 0 Å². The third-order valence-electron chi connectivity index (χ3n) is 20.1. The van der Waals surface area contributed by atoms with Crippen molar-refractivity contribution in [3.8, 4) is 55.6 Å². The van der Waals surface area contributed by atoms with Crippen LogP contribution in [0.3, 0.4) is 0 Å². The molecule has 12 aromatic rings. The first-order valence-corrected chi connectivity index (χ1v) is 28.1. The van der Waals surface area contributed by atoms with Crippen molar-refractivity contribution in [3.05, 3.63) is 232 Å². The van der Waals surface area contributed by atoms with E-state index in [0.29, 0.717) is 0 Å². The number of rotatable bonds is 3. The minimum Gasteiger partial charge on any atom is -0.455 e. The van der Waals surface area contributed by atoms with Crippen LogP contribution in [0.2, 0.25) is 0 Å². The summed E-state index contributed by atoms with van der Waals surface area (Å²) in [6, 6.07) is 66.4. The van der Waals surface area contributed by atoms with Gasteiger partial charge in [0.25, 0.3) is 0 Å². The highest BCUT2D eigenvalue weighted by molar-refractivity contribution is 6.22. The normalized spacial score (nSPS) is 17.1. The summed E-state index contributed by atoms with van der Waals surface area (Å²) in [5, 5.41) is 4.80. The van der Waals surface area contributed by atoms with Crippen molar-refractivity contribution in [2.24, 2.45) is 0 Å². The minimum absolute atomic E-state index is 0.178. The van der Waals surface area contributed by atoms with Crippen LogP contribution >= 0.6 is 0 Å². The number of para-hydroxylation sites is 2. The van der Waals surface area contributed by atoms with E-state index in [1.165, 1.54) is 139 Å². The van der Waals surface area contributed by atoms with Crippen molar-refractivity contribution in [3.63, 3.8) is 0 Å². The van der Waals surface area contributed by atoms with Gasteiger partial charge in [0.15, 0.2) is 0 Å². The van der Waals surface area contributed by atoms with Crippen molar-refractivity contribution < 1.29 is 8.83 Å². The van der Waals surface area contributed by atoms with Gasteiger partial charge in [-0.2, -0.15) is 0 Å². The fraction of sp³-hybridized carbons (Fsp3) is 0.200. The van der Waals surface area contributed by atoms with Crippen LogP contribution in [0.4, 0.5) is 17.1 Å². The van der Waals surface area contributed by atoms with Crippen LogP contribution in [0.25, 0.3) is 99.5 Å². The lowest BCUT2D eigenvalue weighted by Crippen LogP contribution is -2.24. The Morgan fingerprint density at radius 2 is 0.654 bits per heavy atom. The molecule has 5 aliphatic carbocycles. The second kappa shape index (κ2) is 14.2. The van der Waals surface area contributed by atoms with E-state index in [1.54, 1.807) is 0 Å². The average Bonchev–Trinajstić information content (AvgIpc) is 3.84. The van der Waals surface area contributed by atoms with Crippen LogP contribution in [0, 0.1) is 0 Å². The Hall–Kier alpha value is -8.40. The average molecular weight is 1010 g/mol. The van der Waals surface area contributed by atoms with Crippen LogP contribution < -0.4 is 4.90 Å². The zero-order chi connectivity index (χ0) is 52.9. The quantitative estimate of drug-likeness (QED) is 0.177. The van der Waals surface area contributed by atoms with Crippen molar-refractivity contribution >= 4 is 60.9 Å². The molecule has 2 heterocycles. The van der Waals surface area contributed by atoms with Gasteiger partial charge in [-0.15, -0.1) is 0 Å². The molecule has 3 nitrogen and oxygen atoms in total. The first-order chi connectivity index (χ1) is 37.5. The molecule has 376 valence electrons. The summed E-state index contributed by atoms with van der Waals surface area (Å²) in [4.78, 5) is 2.60. The third-order valence-corrected chi connectivity index (χ3v) is 20.1. The maximum atomic E-state index is 7.15. The molecule has 0 aliphatic heterocycles. The number of fused-ring (bicyclic) bond motifs is 27. The van der Waals surface area contributed by atoms with Gasteiger partial charge in [0, 0.05) is 76.7 Å².